The second-order valence-electron chi connectivity index (χ2n) is 4.53. The fourth-order valence-corrected chi connectivity index (χ4v) is 2.77. The van der Waals surface area contributed by atoms with Gasteiger partial charge in [0.1, 0.15) is 5.75 Å². The zero-order valence-electron chi connectivity index (χ0n) is 9.92. The number of nitriles is 1. The monoisotopic (exact) mass is 215 g/mol. The summed E-state index contributed by atoms with van der Waals surface area (Å²) in [6, 6.07) is 8.55. The maximum absolute atomic E-state index is 9.47. The van der Waals surface area contributed by atoms with Crippen LogP contribution in [0.25, 0.3) is 0 Å². The van der Waals surface area contributed by atoms with Gasteiger partial charge in [0.15, 0.2) is 0 Å². The Morgan fingerprint density at radius 1 is 1.31 bits per heavy atom. The Morgan fingerprint density at radius 3 is 2.56 bits per heavy atom. The highest BCUT2D eigenvalue weighted by atomic mass is 16.5. The number of methoxy groups -OCH3 is 1. The van der Waals surface area contributed by atoms with E-state index >= 15 is 0 Å². The molecule has 0 spiro atoms. The largest absolute Gasteiger partial charge is 0.496 e. The van der Waals surface area contributed by atoms with Crippen molar-refractivity contribution < 1.29 is 4.74 Å². The van der Waals surface area contributed by atoms with E-state index in [2.05, 4.69) is 12.1 Å². The van der Waals surface area contributed by atoms with Gasteiger partial charge in [0, 0.05) is 0 Å². The standard InChI is InChI=1S/C14H17NO/c1-11-12(6-5-7-13(11)16-2)14(10-15)8-3-4-9-14/h5-7H,3-4,8-9H2,1-2H3. The molecule has 16 heavy (non-hydrogen) atoms. The summed E-state index contributed by atoms with van der Waals surface area (Å²) in [5.74, 6) is 0.888. The van der Waals surface area contributed by atoms with E-state index < -0.39 is 0 Å². The van der Waals surface area contributed by atoms with Crippen LogP contribution < -0.4 is 4.74 Å². The summed E-state index contributed by atoms with van der Waals surface area (Å²) in [7, 11) is 1.68. The van der Waals surface area contributed by atoms with E-state index in [1.807, 2.05) is 19.1 Å². The molecule has 1 aromatic rings. The fourth-order valence-electron chi connectivity index (χ4n) is 2.77. The first-order valence-electron chi connectivity index (χ1n) is 5.79. The van der Waals surface area contributed by atoms with Crippen molar-refractivity contribution in [1.82, 2.24) is 0 Å². The van der Waals surface area contributed by atoms with Crippen LogP contribution in [0, 0.1) is 18.3 Å². The molecule has 0 radical (unpaired) electrons. The first kappa shape index (κ1) is 11.0. The molecule has 1 saturated carbocycles. The predicted molar refractivity (Wildman–Crippen MR) is 63.5 cm³/mol. The summed E-state index contributed by atoms with van der Waals surface area (Å²) in [5.41, 5.74) is 2.01. The van der Waals surface area contributed by atoms with E-state index in [0.717, 1.165) is 42.6 Å². The van der Waals surface area contributed by atoms with Crippen molar-refractivity contribution in [2.45, 2.75) is 38.0 Å². The molecule has 84 valence electrons. The summed E-state index contributed by atoms with van der Waals surface area (Å²) < 4.78 is 5.33. The van der Waals surface area contributed by atoms with E-state index in [1.54, 1.807) is 7.11 Å². The van der Waals surface area contributed by atoms with E-state index in [0.29, 0.717) is 0 Å². The minimum absolute atomic E-state index is 0.265. The lowest BCUT2D eigenvalue weighted by Gasteiger charge is -2.23. The summed E-state index contributed by atoms with van der Waals surface area (Å²) >= 11 is 0. The van der Waals surface area contributed by atoms with Crippen molar-refractivity contribution >= 4 is 0 Å². The van der Waals surface area contributed by atoms with Crippen LogP contribution in [0.15, 0.2) is 18.2 Å². The van der Waals surface area contributed by atoms with E-state index in [9.17, 15) is 5.26 Å². The highest BCUT2D eigenvalue weighted by Gasteiger charge is 2.37. The van der Waals surface area contributed by atoms with Gasteiger partial charge in [-0.05, 0) is 37.0 Å². The van der Waals surface area contributed by atoms with Gasteiger partial charge >= 0.3 is 0 Å². The number of hydrogen-bond donors (Lipinski definition) is 0. The minimum Gasteiger partial charge on any atom is -0.496 e. The molecule has 1 aromatic carbocycles. The van der Waals surface area contributed by atoms with Crippen molar-refractivity contribution in [1.29, 1.82) is 5.26 Å². The molecule has 2 rings (SSSR count). The van der Waals surface area contributed by atoms with E-state index in [1.165, 1.54) is 0 Å². The van der Waals surface area contributed by atoms with Gasteiger partial charge in [0.05, 0.1) is 18.6 Å². The molecule has 0 atom stereocenters. The molecule has 0 unspecified atom stereocenters. The summed E-state index contributed by atoms with van der Waals surface area (Å²) in [4.78, 5) is 0. The van der Waals surface area contributed by atoms with Gasteiger partial charge in [-0.25, -0.2) is 0 Å². The Morgan fingerprint density at radius 2 is 2.00 bits per heavy atom. The van der Waals surface area contributed by atoms with Crippen molar-refractivity contribution in [3.63, 3.8) is 0 Å². The Balaban J connectivity index is 2.51. The number of rotatable bonds is 2. The molecule has 1 aliphatic rings. The SMILES string of the molecule is COc1cccc(C2(C#N)CCCC2)c1C. The van der Waals surface area contributed by atoms with Crippen LogP contribution in [0.2, 0.25) is 0 Å². The quantitative estimate of drug-likeness (QED) is 0.758. The van der Waals surface area contributed by atoms with E-state index in [4.69, 9.17) is 4.74 Å². The van der Waals surface area contributed by atoms with Crippen molar-refractivity contribution in [3.8, 4) is 11.8 Å². The molecule has 0 aromatic heterocycles. The lowest BCUT2D eigenvalue weighted by Crippen LogP contribution is -2.20. The molecule has 0 amide bonds. The number of hydrogen-bond acceptors (Lipinski definition) is 2. The van der Waals surface area contributed by atoms with Crippen LogP contribution in [0.5, 0.6) is 5.75 Å². The molecule has 2 nitrogen and oxygen atoms in total. The lowest BCUT2D eigenvalue weighted by atomic mass is 9.78. The molecule has 0 bridgehead atoms. The van der Waals surface area contributed by atoms with Gasteiger partial charge in [0.25, 0.3) is 0 Å². The molecule has 1 aliphatic carbocycles. The Kier molecular flexibility index (Phi) is 2.87. The van der Waals surface area contributed by atoms with Crippen LogP contribution >= 0.6 is 0 Å². The third kappa shape index (κ3) is 1.57. The number of ether oxygens (including phenoxy) is 1. The Hall–Kier alpha value is -1.49. The average molecular weight is 215 g/mol. The van der Waals surface area contributed by atoms with E-state index in [-0.39, 0.29) is 5.41 Å². The summed E-state index contributed by atoms with van der Waals surface area (Å²) in [6.07, 6.45) is 4.28. The first-order chi connectivity index (χ1) is 7.73. The highest BCUT2D eigenvalue weighted by molar-refractivity contribution is 5.46. The Labute approximate surface area is 96.9 Å². The zero-order valence-corrected chi connectivity index (χ0v) is 9.92. The van der Waals surface area contributed by atoms with Crippen molar-refractivity contribution in [2.24, 2.45) is 0 Å². The van der Waals surface area contributed by atoms with Gasteiger partial charge in [-0.15, -0.1) is 0 Å². The fraction of sp³-hybridized carbons (Fsp3) is 0.500. The van der Waals surface area contributed by atoms with Crippen molar-refractivity contribution in [2.75, 3.05) is 7.11 Å². The van der Waals surface area contributed by atoms with Crippen LogP contribution in [0.3, 0.4) is 0 Å². The minimum atomic E-state index is -0.265. The topological polar surface area (TPSA) is 33.0 Å². The van der Waals surface area contributed by atoms with Gasteiger partial charge in [-0.3, -0.25) is 0 Å². The molecular formula is C14H17NO. The smallest absolute Gasteiger partial charge is 0.122 e. The highest BCUT2D eigenvalue weighted by Crippen LogP contribution is 2.43. The predicted octanol–water partition coefficient (Wildman–Crippen LogP) is 3.34. The molecule has 0 aliphatic heterocycles. The lowest BCUT2D eigenvalue weighted by molar-refractivity contribution is 0.409. The molecule has 2 heteroatoms. The molecule has 1 fully saturated rings. The molecule has 0 heterocycles. The summed E-state index contributed by atoms with van der Waals surface area (Å²) in [6.45, 7) is 2.05. The number of benzene rings is 1. The number of nitrogens with zero attached hydrogens (tertiary/aromatic N) is 1. The first-order valence-corrected chi connectivity index (χ1v) is 5.79. The maximum atomic E-state index is 9.47. The Bertz CT molecular complexity index is 425. The average Bonchev–Trinajstić information content (AvgIpc) is 2.79. The van der Waals surface area contributed by atoms with Crippen LogP contribution in [-0.4, -0.2) is 7.11 Å². The maximum Gasteiger partial charge on any atom is 0.122 e. The molecule has 0 N–H and O–H groups in total. The second-order valence-corrected chi connectivity index (χ2v) is 4.53. The third-order valence-corrected chi connectivity index (χ3v) is 3.69. The van der Waals surface area contributed by atoms with Gasteiger partial charge in [-0.1, -0.05) is 25.0 Å². The summed E-state index contributed by atoms with van der Waals surface area (Å²) in [5, 5.41) is 9.47. The third-order valence-electron chi connectivity index (χ3n) is 3.69. The molecular weight excluding hydrogens is 198 g/mol. The van der Waals surface area contributed by atoms with Gasteiger partial charge in [-0.2, -0.15) is 5.26 Å². The van der Waals surface area contributed by atoms with Crippen LogP contribution in [0.4, 0.5) is 0 Å². The van der Waals surface area contributed by atoms with Crippen LogP contribution in [0.1, 0.15) is 36.8 Å². The van der Waals surface area contributed by atoms with Crippen LogP contribution in [-0.2, 0) is 5.41 Å². The van der Waals surface area contributed by atoms with Crippen molar-refractivity contribution in [3.05, 3.63) is 29.3 Å². The van der Waals surface area contributed by atoms with Gasteiger partial charge < -0.3 is 4.74 Å². The molecule has 0 saturated heterocycles. The normalized spacial score (nSPS) is 18.1. The zero-order chi connectivity index (χ0) is 11.6. The van der Waals surface area contributed by atoms with Gasteiger partial charge in [0.2, 0.25) is 0 Å². The second kappa shape index (κ2) is 4.17.